The van der Waals surface area contributed by atoms with Gasteiger partial charge < -0.3 is 15.4 Å². The third kappa shape index (κ3) is 3.78. The number of alkyl halides is 1. The number of para-hydroxylation sites is 1. The standard InChI is InChI=1S/C24H25FN6O/c1-2-30-13-12-20(19(25)14-30)31-24-21(23(26)27-15-28-24)22(29-31)16-8-10-18(11-9-16)32-17-6-4-3-5-7-17/h3-11,15,19-20H,2,12-14H2,1H3,(H2,26,27,28)/t19-,20-/m1/s1. The fourth-order valence-corrected chi connectivity index (χ4v) is 4.25. The fourth-order valence-electron chi connectivity index (χ4n) is 4.25. The van der Waals surface area contributed by atoms with Crippen LogP contribution in [-0.4, -0.2) is 50.5 Å². The fraction of sp³-hybridized carbons (Fsp3) is 0.292. The van der Waals surface area contributed by atoms with Crippen molar-refractivity contribution >= 4 is 16.9 Å². The molecule has 2 aromatic carbocycles. The van der Waals surface area contributed by atoms with E-state index in [-0.39, 0.29) is 6.04 Å². The highest BCUT2D eigenvalue weighted by molar-refractivity contribution is 5.98. The molecule has 0 unspecified atom stereocenters. The number of hydrogen-bond donors (Lipinski definition) is 1. The molecule has 164 valence electrons. The monoisotopic (exact) mass is 432 g/mol. The quantitative estimate of drug-likeness (QED) is 0.501. The van der Waals surface area contributed by atoms with Gasteiger partial charge in [-0.25, -0.2) is 19.0 Å². The Labute approximate surface area is 185 Å². The van der Waals surface area contributed by atoms with E-state index in [1.165, 1.54) is 6.33 Å². The zero-order valence-electron chi connectivity index (χ0n) is 17.9. The predicted molar refractivity (Wildman–Crippen MR) is 122 cm³/mol. The Balaban J connectivity index is 1.51. The Bertz CT molecular complexity index is 1210. The van der Waals surface area contributed by atoms with Crippen LogP contribution in [0.5, 0.6) is 11.5 Å². The molecule has 0 amide bonds. The number of likely N-dealkylation sites (tertiary alicyclic amines) is 1. The van der Waals surface area contributed by atoms with E-state index in [2.05, 4.69) is 14.9 Å². The summed E-state index contributed by atoms with van der Waals surface area (Å²) in [7, 11) is 0. The van der Waals surface area contributed by atoms with Crippen molar-refractivity contribution in [1.82, 2.24) is 24.6 Å². The number of ether oxygens (including phenoxy) is 1. The lowest BCUT2D eigenvalue weighted by molar-refractivity contribution is 0.0894. The number of nitrogens with zero attached hydrogens (tertiary/aromatic N) is 5. The van der Waals surface area contributed by atoms with Crippen molar-refractivity contribution < 1.29 is 9.13 Å². The summed E-state index contributed by atoms with van der Waals surface area (Å²) in [5.74, 6) is 1.81. The first-order valence-electron chi connectivity index (χ1n) is 10.8. The summed E-state index contributed by atoms with van der Waals surface area (Å²) in [6.45, 7) is 4.10. The van der Waals surface area contributed by atoms with Crippen molar-refractivity contribution in [2.45, 2.75) is 25.6 Å². The van der Waals surface area contributed by atoms with Crippen molar-refractivity contribution in [1.29, 1.82) is 0 Å². The number of nitrogen functional groups attached to an aromatic ring is 1. The zero-order chi connectivity index (χ0) is 22.1. The second-order valence-corrected chi connectivity index (χ2v) is 7.96. The predicted octanol–water partition coefficient (Wildman–Crippen LogP) is 4.47. The van der Waals surface area contributed by atoms with Crippen LogP contribution in [0.2, 0.25) is 0 Å². The van der Waals surface area contributed by atoms with Crippen LogP contribution >= 0.6 is 0 Å². The number of nitrogens with two attached hydrogens (primary N) is 1. The van der Waals surface area contributed by atoms with Crippen LogP contribution in [0.4, 0.5) is 10.2 Å². The molecule has 0 bridgehead atoms. The van der Waals surface area contributed by atoms with Crippen LogP contribution in [0.1, 0.15) is 19.4 Å². The normalized spacial score (nSPS) is 19.3. The number of rotatable bonds is 5. The largest absolute Gasteiger partial charge is 0.457 e. The summed E-state index contributed by atoms with van der Waals surface area (Å²) in [4.78, 5) is 10.7. The first-order chi connectivity index (χ1) is 15.6. The minimum absolute atomic E-state index is 0.335. The second-order valence-electron chi connectivity index (χ2n) is 7.96. The van der Waals surface area contributed by atoms with Gasteiger partial charge in [-0.05, 0) is 49.4 Å². The Morgan fingerprint density at radius 3 is 2.53 bits per heavy atom. The molecule has 0 saturated carbocycles. The molecule has 2 aromatic heterocycles. The summed E-state index contributed by atoms with van der Waals surface area (Å²) in [5, 5.41) is 5.44. The van der Waals surface area contributed by atoms with Crippen molar-refractivity contribution in [3.05, 3.63) is 60.9 Å². The van der Waals surface area contributed by atoms with Gasteiger partial charge in [0.25, 0.3) is 0 Å². The molecule has 2 N–H and O–H groups in total. The van der Waals surface area contributed by atoms with Crippen LogP contribution in [0.3, 0.4) is 0 Å². The summed E-state index contributed by atoms with van der Waals surface area (Å²) in [6.07, 6.45) is 1.04. The molecule has 1 aliphatic rings. The van der Waals surface area contributed by atoms with Crippen molar-refractivity contribution in [2.24, 2.45) is 0 Å². The number of aromatic nitrogens is 4. The average molecular weight is 433 g/mol. The van der Waals surface area contributed by atoms with Gasteiger partial charge in [0.2, 0.25) is 0 Å². The Hall–Kier alpha value is -3.52. The molecule has 0 spiro atoms. The number of benzene rings is 2. The van der Waals surface area contributed by atoms with Crippen molar-refractivity contribution in [3.63, 3.8) is 0 Å². The SMILES string of the molecule is CCN1CC[C@@H](n2nc(-c3ccc(Oc4ccccc4)cc3)c3c(N)ncnc32)[C@H](F)C1. The minimum Gasteiger partial charge on any atom is -0.457 e. The van der Waals surface area contributed by atoms with E-state index >= 15 is 4.39 Å². The molecule has 32 heavy (non-hydrogen) atoms. The molecule has 0 aliphatic carbocycles. The second kappa shape index (κ2) is 8.55. The molecular formula is C24H25FN6O. The highest BCUT2D eigenvalue weighted by atomic mass is 19.1. The molecular weight excluding hydrogens is 407 g/mol. The smallest absolute Gasteiger partial charge is 0.164 e. The van der Waals surface area contributed by atoms with Gasteiger partial charge in [-0.3, -0.25) is 0 Å². The van der Waals surface area contributed by atoms with Crippen molar-refractivity contribution in [2.75, 3.05) is 25.4 Å². The van der Waals surface area contributed by atoms with Crippen LogP contribution in [0.15, 0.2) is 60.9 Å². The zero-order valence-corrected chi connectivity index (χ0v) is 17.9. The Morgan fingerprint density at radius 1 is 1.06 bits per heavy atom. The van der Waals surface area contributed by atoms with Gasteiger partial charge >= 0.3 is 0 Å². The number of hydrogen-bond acceptors (Lipinski definition) is 6. The lowest BCUT2D eigenvalue weighted by atomic mass is 10.0. The highest BCUT2D eigenvalue weighted by Gasteiger charge is 2.33. The van der Waals surface area contributed by atoms with Gasteiger partial charge in [0, 0.05) is 18.7 Å². The number of fused-ring (bicyclic) bond motifs is 1. The van der Waals surface area contributed by atoms with Crippen molar-refractivity contribution in [3.8, 4) is 22.8 Å². The maximum absolute atomic E-state index is 15.1. The van der Waals surface area contributed by atoms with Gasteiger partial charge in [0.15, 0.2) is 5.65 Å². The topological polar surface area (TPSA) is 82.1 Å². The van der Waals surface area contributed by atoms with Gasteiger partial charge in [-0.2, -0.15) is 5.10 Å². The maximum Gasteiger partial charge on any atom is 0.164 e. The van der Waals surface area contributed by atoms with E-state index < -0.39 is 6.17 Å². The summed E-state index contributed by atoms with van der Waals surface area (Å²) < 4.78 is 22.7. The molecule has 1 saturated heterocycles. The first-order valence-corrected chi connectivity index (χ1v) is 10.8. The summed E-state index contributed by atoms with van der Waals surface area (Å²) in [5.41, 5.74) is 8.27. The summed E-state index contributed by atoms with van der Waals surface area (Å²) in [6, 6.07) is 16.8. The lowest BCUT2D eigenvalue weighted by Crippen LogP contribution is -2.42. The highest BCUT2D eigenvalue weighted by Crippen LogP contribution is 2.35. The number of halogens is 1. The van der Waals surface area contributed by atoms with E-state index in [9.17, 15) is 0 Å². The van der Waals surface area contributed by atoms with E-state index in [0.717, 1.165) is 24.4 Å². The van der Waals surface area contributed by atoms with E-state index in [1.54, 1.807) is 4.68 Å². The van der Waals surface area contributed by atoms with Gasteiger partial charge in [-0.1, -0.05) is 25.1 Å². The molecule has 5 rings (SSSR count). The van der Waals surface area contributed by atoms with Gasteiger partial charge in [-0.15, -0.1) is 0 Å². The average Bonchev–Trinajstić information content (AvgIpc) is 3.21. The Kier molecular flexibility index (Phi) is 5.45. The maximum atomic E-state index is 15.1. The van der Waals surface area contributed by atoms with E-state index in [4.69, 9.17) is 15.6 Å². The van der Waals surface area contributed by atoms with Crippen LogP contribution < -0.4 is 10.5 Å². The van der Waals surface area contributed by atoms with E-state index in [0.29, 0.717) is 41.3 Å². The van der Waals surface area contributed by atoms with Gasteiger partial charge in [0.05, 0.1) is 11.4 Å². The molecule has 1 aliphatic heterocycles. The van der Waals surface area contributed by atoms with Crippen LogP contribution in [0, 0.1) is 0 Å². The molecule has 2 atom stereocenters. The van der Waals surface area contributed by atoms with Crippen LogP contribution in [-0.2, 0) is 0 Å². The first kappa shape index (κ1) is 20.4. The number of piperidine rings is 1. The Morgan fingerprint density at radius 2 is 1.81 bits per heavy atom. The molecule has 7 nitrogen and oxygen atoms in total. The summed E-state index contributed by atoms with van der Waals surface area (Å²) >= 11 is 0. The molecule has 4 aromatic rings. The number of anilines is 1. The lowest BCUT2D eigenvalue weighted by Gasteiger charge is -2.34. The van der Waals surface area contributed by atoms with Gasteiger partial charge in [0.1, 0.15) is 35.5 Å². The third-order valence-electron chi connectivity index (χ3n) is 5.98. The van der Waals surface area contributed by atoms with Crippen LogP contribution in [0.25, 0.3) is 22.3 Å². The molecule has 8 heteroatoms. The molecule has 1 fully saturated rings. The molecule has 0 radical (unpaired) electrons. The molecule has 3 heterocycles. The minimum atomic E-state index is -1.03. The van der Waals surface area contributed by atoms with E-state index in [1.807, 2.05) is 61.5 Å². The third-order valence-corrected chi connectivity index (χ3v) is 5.98.